The van der Waals surface area contributed by atoms with Crippen LogP contribution in [0.25, 0.3) is 10.9 Å². The summed E-state index contributed by atoms with van der Waals surface area (Å²) < 4.78 is 18.0. The molecular weight excluding hydrogens is 496 g/mol. The molecule has 2 aromatic carbocycles. The van der Waals surface area contributed by atoms with Crippen LogP contribution in [0.3, 0.4) is 0 Å². The zero-order valence-corrected chi connectivity index (χ0v) is 23.7. The summed E-state index contributed by atoms with van der Waals surface area (Å²) in [4.78, 5) is 18.7. The van der Waals surface area contributed by atoms with Crippen LogP contribution in [0.5, 0.6) is 11.5 Å². The van der Waals surface area contributed by atoms with Gasteiger partial charge in [-0.3, -0.25) is 9.69 Å². The number of benzene rings is 2. The van der Waals surface area contributed by atoms with E-state index in [0.717, 1.165) is 46.3 Å². The molecule has 4 rings (SSSR count). The number of rotatable bonds is 13. The monoisotopic (exact) mass is 534 g/mol. The first-order valence-electron chi connectivity index (χ1n) is 13.2. The molecule has 0 radical (unpaired) electrons. The number of nitrogens with one attached hydrogen (secondary N) is 1. The van der Waals surface area contributed by atoms with Gasteiger partial charge in [-0.05, 0) is 72.0 Å². The van der Waals surface area contributed by atoms with Crippen molar-refractivity contribution >= 4 is 10.9 Å². The van der Waals surface area contributed by atoms with Gasteiger partial charge in [-0.1, -0.05) is 25.1 Å². The Bertz CT molecular complexity index is 1460. The molecule has 0 fully saturated rings. The lowest BCUT2D eigenvalue weighted by Crippen LogP contribution is -2.34. The Labute approximate surface area is 228 Å². The normalized spacial score (nSPS) is 12.3. The van der Waals surface area contributed by atoms with Gasteiger partial charge in [0.15, 0.2) is 17.3 Å². The van der Waals surface area contributed by atoms with E-state index in [-0.39, 0.29) is 11.6 Å². The van der Waals surface area contributed by atoms with E-state index in [1.165, 1.54) is 0 Å². The van der Waals surface area contributed by atoms with Gasteiger partial charge in [0, 0.05) is 31.1 Å². The summed E-state index contributed by atoms with van der Waals surface area (Å²) in [5.74, 6) is 2.13. The lowest BCUT2D eigenvalue weighted by Gasteiger charge is -2.30. The molecule has 0 aliphatic rings. The van der Waals surface area contributed by atoms with E-state index in [4.69, 9.17) is 14.2 Å². The number of methoxy groups -OCH3 is 3. The number of aromatic amines is 1. The first-order valence-corrected chi connectivity index (χ1v) is 13.2. The second kappa shape index (κ2) is 12.9. The maximum Gasteiger partial charge on any atom is 0.252 e. The third-order valence-electron chi connectivity index (χ3n) is 7.22. The molecule has 0 aliphatic carbocycles. The van der Waals surface area contributed by atoms with Gasteiger partial charge in [-0.15, -0.1) is 5.10 Å². The van der Waals surface area contributed by atoms with E-state index in [1.807, 2.05) is 37.3 Å². The van der Waals surface area contributed by atoms with Crippen LogP contribution in [0, 0.1) is 13.8 Å². The molecule has 1 N–H and O–H groups in total. The molecular formula is C29H38N6O4. The fourth-order valence-electron chi connectivity index (χ4n) is 5.00. The van der Waals surface area contributed by atoms with Crippen molar-refractivity contribution in [2.75, 3.05) is 34.5 Å². The van der Waals surface area contributed by atoms with E-state index < -0.39 is 0 Å². The van der Waals surface area contributed by atoms with Gasteiger partial charge in [0.2, 0.25) is 0 Å². The van der Waals surface area contributed by atoms with Crippen molar-refractivity contribution in [2.45, 2.75) is 52.7 Å². The SMILES string of the molecule is CCC(c1nnnn1CCOC)N(CCc1ccc(OC)c(OC)c1)Cc1cc2c(C)ccc(C)c2[nH]c1=O. The smallest absolute Gasteiger partial charge is 0.252 e. The summed E-state index contributed by atoms with van der Waals surface area (Å²) in [6.45, 7) is 8.37. The number of tetrazole rings is 1. The van der Waals surface area contributed by atoms with Crippen LogP contribution >= 0.6 is 0 Å². The molecule has 39 heavy (non-hydrogen) atoms. The second-order valence-corrected chi connectivity index (χ2v) is 9.70. The third-order valence-corrected chi connectivity index (χ3v) is 7.22. The molecule has 2 heterocycles. The van der Waals surface area contributed by atoms with Crippen LogP contribution in [-0.4, -0.2) is 64.6 Å². The standard InChI is InChI=1S/C29H38N6O4/c1-7-24(28-31-32-33-35(28)14-15-37-4)34(13-12-21-10-11-25(38-5)26(16-21)39-6)18-22-17-23-19(2)8-9-20(3)27(23)30-29(22)36/h8-11,16-17,24H,7,12-15,18H2,1-6H3,(H,30,36). The number of H-pyrrole nitrogens is 1. The van der Waals surface area contributed by atoms with Crippen LogP contribution in [0.4, 0.5) is 0 Å². The van der Waals surface area contributed by atoms with Crippen molar-refractivity contribution in [2.24, 2.45) is 0 Å². The Morgan fingerprint density at radius 2 is 1.79 bits per heavy atom. The van der Waals surface area contributed by atoms with Crippen LogP contribution in [0.2, 0.25) is 0 Å². The van der Waals surface area contributed by atoms with Crippen molar-refractivity contribution in [3.05, 3.63) is 74.8 Å². The molecule has 10 nitrogen and oxygen atoms in total. The minimum Gasteiger partial charge on any atom is -0.493 e. The van der Waals surface area contributed by atoms with Crippen molar-refractivity contribution in [1.29, 1.82) is 0 Å². The van der Waals surface area contributed by atoms with Gasteiger partial charge in [0.1, 0.15) is 0 Å². The number of hydrogen-bond donors (Lipinski definition) is 1. The minimum atomic E-state index is -0.106. The Morgan fingerprint density at radius 3 is 2.51 bits per heavy atom. The molecule has 0 spiro atoms. The van der Waals surface area contributed by atoms with Gasteiger partial charge < -0.3 is 19.2 Å². The Morgan fingerprint density at radius 1 is 1.03 bits per heavy atom. The van der Waals surface area contributed by atoms with Crippen LogP contribution in [0.15, 0.2) is 41.2 Å². The number of hydrogen-bond acceptors (Lipinski definition) is 8. The van der Waals surface area contributed by atoms with Gasteiger partial charge in [-0.2, -0.15) is 0 Å². The Balaban J connectivity index is 1.71. The van der Waals surface area contributed by atoms with E-state index in [9.17, 15) is 4.79 Å². The average molecular weight is 535 g/mol. The van der Waals surface area contributed by atoms with Gasteiger partial charge in [0.25, 0.3) is 5.56 Å². The number of aromatic nitrogens is 5. The number of ether oxygens (including phenoxy) is 3. The Kier molecular flexibility index (Phi) is 9.32. The first kappa shape index (κ1) is 28.3. The molecule has 4 aromatic rings. The minimum absolute atomic E-state index is 0.0823. The summed E-state index contributed by atoms with van der Waals surface area (Å²) in [7, 11) is 4.92. The van der Waals surface area contributed by atoms with Crippen LogP contribution in [-0.2, 0) is 24.2 Å². The molecule has 0 saturated carbocycles. The highest BCUT2D eigenvalue weighted by atomic mass is 16.5. The summed E-state index contributed by atoms with van der Waals surface area (Å²) >= 11 is 0. The maximum absolute atomic E-state index is 13.3. The van der Waals surface area contributed by atoms with E-state index in [0.29, 0.717) is 43.3 Å². The number of pyridine rings is 1. The molecule has 0 amide bonds. The summed E-state index contributed by atoms with van der Waals surface area (Å²) in [5.41, 5.74) is 4.79. The molecule has 10 heteroatoms. The van der Waals surface area contributed by atoms with Crippen molar-refractivity contribution in [3.8, 4) is 11.5 Å². The molecule has 208 valence electrons. The van der Waals surface area contributed by atoms with E-state index in [2.05, 4.69) is 45.3 Å². The highest BCUT2D eigenvalue weighted by Gasteiger charge is 2.26. The van der Waals surface area contributed by atoms with Crippen molar-refractivity contribution in [1.82, 2.24) is 30.1 Å². The molecule has 0 aliphatic heterocycles. The van der Waals surface area contributed by atoms with Crippen molar-refractivity contribution < 1.29 is 14.2 Å². The van der Waals surface area contributed by atoms with Crippen LogP contribution in [0.1, 0.15) is 47.5 Å². The summed E-state index contributed by atoms with van der Waals surface area (Å²) in [5, 5.41) is 13.6. The molecule has 1 atom stereocenters. The van der Waals surface area contributed by atoms with Gasteiger partial charge in [0.05, 0.1) is 38.9 Å². The highest BCUT2D eigenvalue weighted by molar-refractivity contribution is 5.85. The Hall–Kier alpha value is -3.76. The average Bonchev–Trinajstić information content (AvgIpc) is 3.41. The van der Waals surface area contributed by atoms with E-state index in [1.54, 1.807) is 26.0 Å². The summed E-state index contributed by atoms with van der Waals surface area (Å²) in [6, 6.07) is 12.0. The third kappa shape index (κ3) is 6.29. The van der Waals surface area contributed by atoms with Crippen molar-refractivity contribution in [3.63, 3.8) is 0 Å². The van der Waals surface area contributed by atoms with Crippen LogP contribution < -0.4 is 15.0 Å². The topological polar surface area (TPSA) is 107 Å². The molecule has 0 saturated heterocycles. The number of fused-ring (bicyclic) bond motifs is 1. The zero-order valence-electron chi connectivity index (χ0n) is 23.7. The highest BCUT2D eigenvalue weighted by Crippen LogP contribution is 2.29. The summed E-state index contributed by atoms with van der Waals surface area (Å²) in [6.07, 6.45) is 1.50. The quantitative estimate of drug-likeness (QED) is 0.274. The van der Waals surface area contributed by atoms with Gasteiger partial charge in [-0.25, -0.2) is 4.68 Å². The number of nitrogens with zero attached hydrogens (tertiary/aromatic N) is 5. The first-order chi connectivity index (χ1) is 18.9. The van der Waals surface area contributed by atoms with E-state index >= 15 is 0 Å². The zero-order chi connectivity index (χ0) is 27.9. The van der Waals surface area contributed by atoms with Gasteiger partial charge >= 0.3 is 0 Å². The molecule has 0 bridgehead atoms. The second-order valence-electron chi connectivity index (χ2n) is 9.70. The fourth-order valence-corrected chi connectivity index (χ4v) is 5.00. The number of aryl methyl sites for hydroxylation is 2. The predicted molar refractivity (Wildman–Crippen MR) is 150 cm³/mol. The fraction of sp³-hybridized carbons (Fsp3) is 0.448. The maximum atomic E-state index is 13.3. The lowest BCUT2D eigenvalue weighted by molar-refractivity contribution is 0.158. The predicted octanol–water partition coefficient (Wildman–Crippen LogP) is 3.99. The lowest BCUT2D eigenvalue weighted by atomic mass is 10.0. The molecule has 2 aromatic heterocycles. The largest absolute Gasteiger partial charge is 0.493 e. The molecule has 1 unspecified atom stereocenters.